The smallest absolute Gasteiger partial charge is 0.166 e. The Kier molecular flexibility index (Phi) is 2.79. The lowest BCUT2D eigenvalue weighted by Gasteiger charge is -2.10. The van der Waals surface area contributed by atoms with Gasteiger partial charge in [0, 0.05) is 0 Å². The molecule has 3 heteroatoms. The van der Waals surface area contributed by atoms with Crippen LogP contribution in [0, 0.1) is 0 Å². The third-order valence-electron chi connectivity index (χ3n) is 1.84. The average molecular weight is 198 g/mol. The molecule has 74 valence electrons. The van der Waals surface area contributed by atoms with Gasteiger partial charge in [-0.3, -0.25) is 0 Å². The topological polar surface area (TPSA) is 0 Å². The van der Waals surface area contributed by atoms with Crippen LogP contribution in [0.15, 0.2) is 31.4 Å². The van der Waals surface area contributed by atoms with E-state index in [1.165, 1.54) is 18.2 Å². The van der Waals surface area contributed by atoms with Crippen LogP contribution in [0.1, 0.15) is 16.7 Å². The summed E-state index contributed by atoms with van der Waals surface area (Å²) in [5.41, 5.74) is -0.143. The molecule has 0 bridgehead atoms. The fraction of sp³-hybridized carbons (Fsp3) is 0.0909. The molecule has 0 N–H and O–H groups in total. The van der Waals surface area contributed by atoms with E-state index < -0.39 is 11.7 Å². The molecule has 0 amide bonds. The summed E-state index contributed by atoms with van der Waals surface area (Å²) in [5, 5.41) is 0. The van der Waals surface area contributed by atoms with Crippen molar-refractivity contribution in [2.45, 2.75) is 6.18 Å². The Morgan fingerprint density at radius 1 is 1.07 bits per heavy atom. The number of alkyl halides is 3. The summed E-state index contributed by atoms with van der Waals surface area (Å²) in [6.07, 6.45) is -1.78. The average Bonchev–Trinajstić information content (AvgIpc) is 2.15. The van der Waals surface area contributed by atoms with Gasteiger partial charge in [-0.1, -0.05) is 37.4 Å². The lowest BCUT2D eigenvalue weighted by molar-refractivity contribution is -0.137. The zero-order chi connectivity index (χ0) is 10.8. The number of benzene rings is 1. The monoisotopic (exact) mass is 198 g/mol. The van der Waals surface area contributed by atoms with E-state index in [0.29, 0.717) is 5.56 Å². The highest BCUT2D eigenvalue weighted by Gasteiger charge is 2.32. The van der Waals surface area contributed by atoms with Crippen molar-refractivity contribution < 1.29 is 13.2 Å². The lowest BCUT2D eigenvalue weighted by Crippen LogP contribution is -2.07. The molecule has 0 heterocycles. The van der Waals surface area contributed by atoms with Crippen LogP contribution in [0.4, 0.5) is 13.2 Å². The Balaban J connectivity index is 3.36. The Bertz CT molecular complexity index is 361. The Morgan fingerprint density at radius 3 is 2.14 bits per heavy atom. The molecule has 0 radical (unpaired) electrons. The number of hydrogen-bond acceptors (Lipinski definition) is 0. The van der Waals surface area contributed by atoms with Crippen LogP contribution in [0.5, 0.6) is 0 Å². The second-order valence-electron chi connectivity index (χ2n) is 2.75. The molecule has 0 aliphatic carbocycles. The first-order valence-corrected chi connectivity index (χ1v) is 3.95. The molecule has 0 aliphatic rings. The van der Waals surface area contributed by atoms with Crippen molar-refractivity contribution >= 4 is 12.2 Å². The first kappa shape index (κ1) is 10.6. The summed E-state index contributed by atoms with van der Waals surface area (Å²) in [4.78, 5) is 0. The van der Waals surface area contributed by atoms with Crippen molar-refractivity contribution in [3.05, 3.63) is 48.0 Å². The van der Waals surface area contributed by atoms with Gasteiger partial charge in [0.25, 0.3) is 0 Å². The fourth-order valence-electron chi connectivity index (χ4n) is 1.12. The Labute approximate surface area is 80.4 Å². The summed E-state index contributed by atoms with van der Waals surface area (Å²) < 4.78 is 37.4. The van der Waals surface area contributed by atoms with E-state index in [1.807, 2.05) is 0 Å². The zero-order valence-electron chi connectivity index (χ0n) is 7.43. The van der Waals surface area contributed by atoms with Gasteiger partial charge in [-0.15, -0.1) is 0 Å². The normalized spacial score (nSPS) is 11.1. The summed E-state index contributed by atoms with van der Waals surface area (Å²) >= 11 is 0. The van der Waals surface area contributed by atoms with Crippen LogP contribution in [0.2, 0.25) is 0 Å². The Morgan fingerprint density at radius 2 is 1.71 bits per heavy atom. The number of halogens is 3. The number of hydrogen-bond donors (Lipinski definition) is 0. The molecular weight excluding hydrogens is 189 g/mol. The first-order valence-electron chi connectivity index (χ1n) is 3.95. The van der Waals surface area contributed by atoms with E-state index in [-0.39, 0.29) is 5.56 Å². The quantitative estimate of drug-likeness (QED) is 0.674. The standard InChI is InChI=1S/C11H9F3/c1-3-8-5-6-9(4-2)10(7-8)11(12,13)14/h3-7H,1-2H2. The van der Waals surface area contributed by atoms with Crippen LogP contribution >= 0.6 is 0 Å². The maximum Gasteiger partial charge on any atom is 0.417 e. The maximum absolute atomic E-state index is 12.5. The van der Waals surface area contributed by atoms with Crippen molar-refractivity contribution in [1.29, 1.82) is 0 Å². The van der Waals surface area contributed by atoms with Gasteiger partial charge in [0.15, 0.2) is 0 Å². The van der Waals surface area contributed by atoms with Gasteiger partial charge < -0.3 is 0 Å². The fourth-order valence-corrected chi connectivity index (χ4v) is 1.12. The molecule has 0 unspecified atom stereocenters. The summed E-state index contributed by atoms with van der Waals surface area (Å²) in [7, 11) is 0. The second kappa shape index (κ2) is 3.70. The van der Waals surface area contributed by atoms with Gasteiger partial charge in [0.1, 0.15) is 0 Å². The van der Waals surface area contributed by atoms with E-state index in [4.69, 9.17) is 0 Å². The zero-order valence-corrected chi connectivity index (χ0v) is 7.43. The minimum absolute atomic E-state index is 0.0862. The SMILES string of the molecule is C=Cc1ccc(C=C)c(C(F)(F)F)c1. The van der Waals surface area contributed by atoms with Crippen LogP contribution < -0.4 is 0 Å². The van der Waals surface area contributed by atoms with Gasteiger partial charge in [-0.2, -0.15) is 13.2 Å². The first-order chi connectivity index (χ1) is 6.49. The molecule has 0 aliphatic heterocycles. The lowest BCUT2D eigenvalue weighted by atomic mass is 10.0. The molecule has 0 fully saturated rings. The maximum atomic E-state index is 12.5. The van der Waals surface area contributed by atoms with Crippen molar-refractivity contribution in [3.8, 4) is 0 Å². The second-order valence-corrected chi connectivity index (χ2v) is 2.75. The van der Waals surface area contributed by atoms with Crippen LogP contribution in [0.25, 0.3) is 12.2 Å². The molecule has 14 heavy (non-hydrogen) atoms. The third-order valence-corrected chi connectivity index (χ3v) is 1.84. The predicted octanol–water partition coefficient (Wildman–Crippen LogP) is 3.99. The molecule has 0 saturated carbocycles. The van der Waals surface area contributed by atoms with Gasteiger partial charge >= 0.3 is 6.18 Å². The van der Waals surface area contributed by atoms with Crippen molar-refractivity contribution in [2.24, 2.45) is 0 Å². The molecule has 0 atom stereocenters. The molecule has 0 spiro atoms. The van der Waals surface area contributed by atoms with E-state index in [9.17, 15) is 13.2 Å². The predicted molar refractivity (Wildman–Crippen MR) is 51.6 cm³/mol. The van der Waals surface area contributed by atoms with E-state index in [0.717, 1.165) is 6.07 Å². The molecule has 0 nitrogen and oxygen atoms in total. The van der Waals surface area contributed by atoms with Gasteiger partial charge in [-0.25, -0.2) is 0 Å². The van der Waals surface area contributed by atoms with E-state index in [2.05, 4.69) is 13.2 Å². The molecular formula is C11H9F3. The summed E-state index contributed by atoms with van der Waals surface area (Å²) in [6.45, 7) is 6.75. The highest BCUT2D eigenvalue weighted by Crippen LogP contribution is 2.33. The van der Waals surface area contributed by atoms with Crippen molar-refractivity contribution in [1.82, 2.24) is 0 Å². The van der Waals surface area contributed by atoms with Gasteiger partial charge in [0.05, 0.1) is 5.56 Å². The molecule has 1 aromatic rings. The molecule has 1 rings (SSSR count). The van der Waals surface area contributed by atoms with Crippen molar-refractivity contribution in [2.75, 3.05) is 0 Å². The van der Waals surface area contributed by atoms with Gasteiger partial charge in [0.2, 0.25) is 0 Å². The highest BCUT2D eigenvalue weighted by atomic mass is 19.4. The minimum Gasteiger partial charge on any atom is -0.166 e. The summed E-state index contributed by atoms with van der Waals surface area (Å²) in [6, 6.07) is 4.01. The van der Waals surface area contributed by atoms with Crippen molar-refractivity contribution in [3.63, 3.8) is 0 Å². The molecule has 0 aromatic heterocycles. The molecule has 0 saturated heterocycles. The van der Waals surface area contributed by atoms with E-state index >= 15 is 0 Å². The third kappa shape index (κ3) is 2.05. The van der Waals surface area contributed by atoms with E-state index in [1.54, 1.807) is 6.07 Å². The highest BCUT2D eigenvalue weighted by molar-refractivity contribution is 5.58. The number of rotatable bonds is 2. The largest absolute Gasteiger partial charge is 0.417 e. The minimum atomic E-state index is -4.34. The van der Waals surface area contributed by atoms with Crippen LogP contribution in [-0.4, -0.2) is 0 Å². The van der Waals surface area contributed by atoms with Crippen LogP contribution in [-0.2, 0) is 6.18 Å². The van der Waals surface area contributed by atoms with Crippen LogP contribution in [0.3, 0.4) is 0 Å². The Hall–Kier alpha value is -1.51. The molecule has 1 aromatic carbocycles. The van der Waals surface area contributed by atoms with Gasteiger partial charge in [-0.05, 0) is 17.2 Å². The summed E-state index contributed by atoms with van der Waals surface area (Å²) in [5.74, 6) is 0.